The Kier molecular flexibility index (Phi) is 3.43. The largest absolute Gasteiger partial charge is 0.573 e. The van der Waals surface area contributed by atoms with E-state index in [0.29, 0.717) is 5.69 Å². The molecule has 0 fully saturated rings. The highest BCUT2D eigenvalue weighted by atomic mass is 19.4. The standard InChI is InChI=1S/C11H8F4N2O2/c12-9-2-1-7(19-11(13,14)15)3-8(9)10-16-4-6(5-18)17-10/h1-4,18H,5H2,(H,16,17). The molecule has 102 valence electrons. The summed E-state index contributed by atoms with van der Waals surface area (Å²) in [5, 5.41) is 8.84. The number of rotatable bonds is 3. The minimum Gasteiger partial charge on any atom is -0.406 e. The number of imidazole rings is 1. The molecule has 2 rings (SSSR count). The number of nitrogens with zero attached hydrogens (tertiary/aromatic N) is 1. The van der Waals surface area contributed by atoms with Gasteiger partial charge in [0.1, 0.15) is 17.4 Å². The Balaban J connectivity index is 2.36. The van der Waals surface area contributed by atoms with Crippen LogP contribution in [-0.4, -0.2) is 21.4 Å². The molecule has 0 saturated carbocycles. The number of aliphatic hydroxyl groups excluding tert-OH is 1. The van der Waals surface area contributed by atoms with Crippen molar-refractivity contribution in [2.75, 3.05) is 0 Å². The van der Waals surface area contributed by atoms with Gasteiger partial charge in [-0.3, -0.25) is 0 Å². The van der Waals surface area contributed by atoms with Crippen molar-refractivity contribution >= 4 is 0 Å². The van der Waals surface area contributed by atoms with E-state index in [1.54, 1.807) is 0 Å². The summed E-state index contributed by atoms with van der Waals surface area (Å²) in [7, 11) is 0. The number of hydrogen-bond donors (Lipinski definition) is 2. The summed E-state index contributed by atoms with van der Waals surface area (Å²) in [5.74, 6) is -1.30. The minimum absolute atomic E-state index is 0.00849. The first-order valence-electron chi connectivity index (χ1n) is 5.09. The number of H-pyrrole nitrogens is 1. The fourth-order valence-electron chi connectivity index (χ4n) is 1.46. The van der Waals surface area contributed by atoms with Gasteiger partial charge in [0.25, 0.3) is 0 Å². The van der Waals surface area contributed by atoms with Gasteiger partial charge in [0, 0.05) is 0 Å². The third-order valence-corrected chi connectivity index (χ3v) is 2.23. The van der Waals surface area contributed by atoms with E-state index in [4.69, 9.17) is 5.11 Å². The van der Waals surface area contributed by atoms with Gasteiger partial charge < -0.3 is 14.8 Å². The summed E-state index contributed by atoms with van der Waals surface area (Å²) in [6.45, 7) is -0.340. The normalized spacial score (nSPS) is 11.6. The molecule has 0 radical (unpaired) electrons. The topological polar surface area (TPSA) is 58.1 Å². The maximum Gasteiger partial charge on any atom is 0.573 e. The average Bonchev–Trinajstić information content (AvgIpc) is 2.78. The zero-order valence-electron chi connectivity index (χ0n) is 9.33. The Labute approximate surface area is 104 Å². The Bertz CT molecular complexity index is 580. The number of aliphatic hydroxyl groups is 1. The number of benzene rings is 1. The number of alkyl halides is 3. The molecule has 0 aliphatic carbocycles. The van der Waals surface area contributed by atoms with Gasteiger partial charge in [-0.2, -0.15) is 0 Å². The van der Waals surface area contributed by atoms with Gasteiger partial charge >= 0.3 is 6.36 Å². The van der Waals surface area contributed by atoms with Gasteiger partial charge in [-0.25, -0.2) is 9.37 Å². The molecular weight excluding hydrogens is 268 g/mol. The minimum atomic E-state index is -4.85. The van der Waals surface area contributed by atoms with Crippen LogP contribution in [0.25, 0.3) is 11.4 Å². The molecular formula is C11H8F4N2O2. The fraction of sp³-hybridized carbons (Fsp3) is 0.182. The van der Waals surface area contributed by atoms with Crippen molar-refractivity contribution in [2.24, 2.45) is 0 Å². The van der Waals surface area contributed by atoms with Crippen LogP contribution in [0.15, 0.2) is 24.4 Å². The smallest absolute Gasteiger partial charge is 0.406 e. The summed E-state index contributed by atoms with van der Waals surface area (Å²) in [5.41, 5.74) is 0.137. The monoisotopic (exact) mass is 276 g/mol. The van der Waals surface area contributed by atoms with Crippen LogP contribution in [0.4, 0.5) is 17.6 Å². The lowest BCUT2D eigenvalue weighted by Crippen LogP contribution is -2.17. The van der Waals surface area contributed by atoms with Crippen molar-refractivity contribution in [1.82, 2.24) is 9.97 Å². The highest BCUT2D eigenvalue weighted by Crippen LogP contribution is 2.28. The Morgan fingerprint density at radius 3 is 2.63 bits per heavy atom. The molecule has 0 amide bonds. The number of nitrogens with one attached hydrogen (secondary N) is 1. The molecule has 0 spiro atoms. The zero-order valence-corrected chi connectivity index (χ0v) is 9.33. The van der Waals surface area contributed by atoms with E-state index in [0.717, 1.165) is 18.2 Å². The van der Waals surface area contributed by atoms with E-state index in [-0.39, 0.29) is 18.0 Å². The third-order valence-electron chi connectivity index (χ3n) is 2.23. The average molecular weight is 276 g/mol. The Morgan fingerprint density at radius 1 is 1.32 bits per heavy atom. The lowest BCUT2D eigenvalue weighted by Gasteiger charge is -2.09. The van der Waals surface area contributed by atoms with Gasteiger partial charge in [-0.1, -0.05) is 0 Å². The first-order valence-corrected chi connectivity index (χ1v) is 5.09. The Hall–Kier alpha value is -2.09. The molecule has 8 heteroatoms. The van der Waals surface area contributed by atoms with E-state index < -0.39 is 17.9 Å². The van der Waals surface area contributed by atoms with Crippen molar-refractivity contribution in [3.63, 3.8) is 0 Å². The first-order chi connectivity index (χ1) is 8.89. The molecule has 1 aromatic heterocycles. The molecule has 0 atom stereocenters. The summed E-state index contributed by atoms with van der Waals surface area (Å²) in [6, 6.07) is 2.59. The summed E-state index contributed by atoms with van der Waals surface area (Å²) in [6.07, 6.45) is -3.60. The fourth-order valence-corrected chi connectivity index (χ4v) is 1.46. The van der Waals surface area contributed by atoms with E-state index >= 15 is 0 Å². The highest BCUT2D eigenvalue weighted by Gasteiger charge is 2.31. The maximum absolute atomic E-state index is 13.5. The molecule has 1 heterocycles. The van der Waals surface area contributed by atoms with Gasteiger partial charge in [0.05, 0.1) is 24.1 Å². The molecule has 0 saturated heterocycles. The maximum atomic E-state index is 13.5. The second-order valence-electron chi connectivity index (χ2n) is 3.60. The molecule has 0 bridgehead atoms. The molecule has 0 aliphatic rings. The molecule has 1 aromatic carbocycles. The van der Waals surface area contributed by atoms with Crippen LogP contribution in [0.3, 0.4) is 0 Å². The van der Waals surface area contributed by atoms with Gasteiger partial charge in [-0.15, -0.1) is 13.2 Å². The van der Waals surface area contributed by atoms with Crippen LogP contribution < -0.4 is 4.74 Å². The second-order valence-corrected chi connectivity index (χ2v) is 3.60. The van der Waals surface area contributed by atoms with Crippen molar-refractivity contribution in [3.05, 3.63) is 35.9 Å². The Morgan fingerprint density at radius 2 is 2.05 bits per heavy atom. The van der Waals surface area contributed by atoms with Gasteiger partial charge in [0.15, 0.2) is 0 Å². The lowest BCUT2D eigenvalue weighted by atomic mass is 10.2. The van der Waals surface area contributed by atoms with E-state index in [1.165, 1.54) is 6.20 Å². The summed E-state index contributed by atoms with van der Waals surface area (Å²) in [4.78, 5) is 6.34. The van der Waals surface area contributed by atoms with E-state index in [1.807, 2.05) is 0 Å². The van der Waals surface area contributed by atoms with Crippen molar-refractivity contribution in [1.29, 1.82) is 0 Å². The van der Waals surface area contributed by atoms with Crippen molar-refractivity contribution in [3.8, 4) is 17.1 Å². The van der Waals surface area contributed by atoms with Crippen LogP contribution in [-0.2, 0) is 6.61 Å². The molecule has 2 aromatic rings. The van der Waals surface area contributed by atoms with Crippen LogP contribution in [0.2, 0.25) is 0 Å². The molecule has 2 N–H and O–H groups in total. The zero-order chi connectivity index (χ0) is 14.0. The molecule has 0 unspecified atom stereocenters. The van der Waals surface area contributed by atoms with Gasteiger partial charge in [0.2, 0.25) is 0 Å². The number of hydrogen-bond acceptors (Lipinski definition) is 3. The number of halogens is 4. The summed E-state index contributed by atoms with van der Waals surface area (Å²) >= 11 is 0. The predicted octanol–water partition coefficient (Wildman–Crippen LogP) is 2.61. The number of ether oxygens (including phenoxy) is 1. The first kappa shape index (κ1) is 13.3. The summed E-state index contributed by atoms with van der Waals surface area (Å²) < 4.78 is 53.4. The third kappa shape index (κ3) is 3.22. The second kappa shape index (κ2) is 4.88. The van der Waals surface area contributed by atoms with Crippen molar-refractivity contribution < 1.29 is 27.4 Å². The van der Waals surface area contributed by atoms with Crippen molar-refractivity contribution in [2.45, 2.75) is 13.0 Å². The SMILES string of the molecule is OCc1cnc(-c2cc(OC(F)(F)F)ccc2F)[nH]1. The van der Waals surface area contributed by atoms with Gasteiger partial charge in [-0.05, 0) is 18.2 Å². The van der Waals surface area contributed by atoms with Crippen LogP contribution in [0, 0.1) is 5.82 Å². The number of aromatic amines is 1. The quantitative estimate of drug-likeness (QED) is 0.847. The molecule has 4 nitrogen and oxygen atoms in total. The lowest BCUT2D eigenvalue weighted by molar-refractivity contribution is -0.274. The van der Waals surface area contributed by atoms with E-state index in [2.05, 4.69) is 14.7 Å². The van der Waals surface area contributed by atoms with Crippen LogP contribution in [0.5, 0.6) is 5.75 Å². The van der Waals surface area contributed by atoms with E-state index in [9.17, 15) is 17.6 Å². The highest BCUT2D eigenvalue weighted by molar-refractivity contribution is 5.58. The molecule has 19 heavy (non-hydrogen) atoms. The predicted molar refractivity (Wildman–Crippen MR) is 56.6 cm³/mol. The molecule has 0 aliphatic heterocycles. The number of aromatic nitrogens is 2. The van der Waals surface area contributed by atoms with Crippen LogP contribution in [0.1, 0.15) is 5.69 Å². The van der Waals surface area contributed by atoms with Crippen LogP contribution >= 0.6 is 0 Å².